The summed E-state index contributed by atoms with van der Waals surface area (Å²) < 4.78 is 49.6. The smallest absolute Gasteiger partial charge is 0.416 e. The van der Waals surface area contributed by atoms with Crippen LogP contribution in [0.3, 0.4) is 0 Å². The molecule has 0 atom stereocenters. The van der Waals surface area contributed by atoms with Gasteiger partial charge in [0.25, 0.3) is 0 Å². The topological polar surface area (TPSA) is 61.3 Å². The zero-order valence-corrected chi connectivity index (χ0v) is 24.1. The maximum absolute atomic E-state index is 12.9. The van der Waals surface area contributed by atoms with Gasteiger partial charge in [-0.1, -0.05) is 12.1 Å². The average molecular weight is 573 g/mol. The molecule has 5 nitrogen and oxygen atoms in total. The molecule has 0 aliphatic heterocycles. The first-order valence-corrected chi connectivity index (χ1v) is 14.5. The van der Waals surface area contributed by atoms with Crippen LogP contribution in [0.15, 0.2) is 53.6 Å². The van der Waals surface area contributed by atoms with Gasteiger partial charge in [-0.05, 0) is 107 Å². The molecule has 1 aliphatic carbocycles. The van der Waals surface area contributed by atoms with Crippen molar-refractivity contribution in [1.29, 1.82) is 0 Å². The van der Waals surface area contributed by atoms with Crippen LogP contribution in [-0.2, 0) is 22.1 Å². The summed E-state index contributed by atoms with van der Waals surface area (Å²) in [5.41, 5.74) is 2.51. The van der Waals surface area contributed by atoms with Crippen LogP contribution in [0.5, 0.6) is 5.75 Å². The summed E-state index contributed by atoms with van der Waals surface area (Å²) in [5.74, 6) is 2.13. The maximum atomic E-state index is 12.9. The van der Waals surface area contributed by atoms with Crippen molar-refractivity contribution in [2.24, 2.45) is 0 Å². The first-order chi connectivity index (χ1) is 18.9. The number of benzene rings is 2. The third-order valence-corrected chi connectivity index (χ3v) is 7.43. The number of nitrogens with zero attached hydrogens (tertiary/aromatic N) is 2. The fraction of sp³-hybridized carbons (Fsp3) is 0.452. The zero-order chi connectivity index (χ0) is 28.9. The van der Waals surface area contributed by atoms with E-state index in [0.717, 1.165) is 71.7 Å². The van der Waals surface area contributed by atoms with E-state index in [1.807, 2.05) is 46.0 Å². The molecule has 1 heterocycles. The number of rotatable bonds is 11. The standard InChI is InChI=1S/C31H35F3N2O3S/c1-20-17-25(14-15-26(20)38-19-27(37)39-30(2,3)4)40-16-6-5-7-23-18-35-29(36-28(23)21-8-9-21)22-10-12-24(13-11-22)31(32,33)34/h10-15,17-18,21H,5-9,16,19H2,1-4H3. The first kappa shape index (κ1) is 29.9. The van der Waals surface area contributed by atoms with E-state index >= 15 is 0 Å². The first-order valence-electron chi connectivity index (χ1n) is 13.5. The van der Waals surface area contributed by atoms with E-state index in [1.165, 1.54) is 12.1 Å². The van der Waals surface area contributed by atoms with E-state index in [0.29, 0.717) is 23.1 Å². The molecule has 214 valence electrons. The molecule has 1 aromatic heterocycles. The van der Waals surface area contributed by atoms with Crippen LogP contribution >= 0.6 is 11.8 Å². The van der Waals surface area contributed by atoms with Crippen molar-refractivity contribution >= 4 is 17.7 Å². The summed E-state index contributed by atoms with van der Waals surface area (Å²) in [7, 11) is 0. The molecule has 0 amide bonds. The molecule has 0 saturated heterocycles. The summed E-state index contributed by atoms with van der Waals surface area (Å²) in [6.45, 7) is 7.31. The SMILES string of the molecule is Cc1cc(SCCCCc2cnc(-c3ccc(C(F)(F)F)cc3)nc2C2CC2)ccc1OCC(=O)OC(C)(C)C. The molecule has 0 radical (unpaired) electrons. The highest BCUT2D eigenvalue weighted by molar-refractivity contribution is 7.99. The molecule has 0 spiro atoms. The Hall–Kier alpha value is -3.07. The number of carbonyl (C=O) groups is 1. The number of ether oxygens (including phenoxy) is 2. The Morgan fingerprint density at radius 1 is 1.05 bits per heavy atom. The van der Waals surface area contributed by atoms with E-state index in [9.17, 15) is 18.0 Å². The fourth-order valence-corrected chi connectivity index (χ4v) is 5.27. The molecule has 1 fully saturated rings. The average Bonchev–Trinajstić information content (AvgIpc) is 3.72. The molecule has 0 N–H and O–H groups in total. The second-order valence-electron chi connectivity index (χ2n) is 11.1. The molecule has 0 unspecified atom stereocenters. The summed E-state index contributed by atoms with van der Waals surface area (Å²) in [6.07, 6.45) is 2.54. The minimum Gasteiger partial charge on any atom is -0.482 e. The van der Waals surface area contributed by atoms with E-state index < -0.39 is 23.3 Å². The number of alkyl halides is 3. The lowest BCUT2D eigenvalue weighted by Crippen LogP contribution is -2.27. The number of hydrogen-bond donors (Lipinski definition) is 0. The quantitative estimate of drug-likeness (QED) is 0.131. The Morgan fingerprint density at radius 2 is 1.77 bits per heavy atom. The number of unbranched alkanes of at least 4 members (excludes halogenated alkanes) is 1. The van der Waals surface area contributed by atoms with Crippen molar-refractivity contribution in [3.63, 3.8) is 0 Å². The zero-order valence-electron chi connectivity index (χ0n) is 23.3. The Labute approximate surface area is 237 Å². The monoisotopic (exact) mass is 572 g/mol. The minimum atomic E-state index is -4.36. The van der Waals surface area contributed by atoms with Crippen molar-refractivity contribution in [2.75, 3.05) is 12.4 Å². The molecule has 1 aliphatic rings. The van der Waals surface area contributed by atoms with Crippen molar-refractivity contribution in [3.05, 3.63) is 71.0 Å². The predicted molar refractivity (Wildman–Crippen MR) is 151 cm³/mol. The van der Waals surface area contributed by atoms with Gasteiger partial charge in [0.1, 0.15) is 11.4 Å². The Balaban J connectivity index is 1.26. The van der Waals surface area contributed by atoms with Gasteiger partial charge in [-0.15, -0.1) is 11.8 Å². The van der Waals surface area contributed by atoms with Gasteiger partial charge in [0, 0.05) is 22.6 Å². The predicted octanol–water partition coefficient (Wildman–Crippen LogP) is 8.18. The second kappa shape index (κ2) is 12.6. The van der Waals surface area contributed by atoms with Crippen LogP contribution in [0, 0.1) is 6.92 Å². The van der Waals surface area contributed by atoms with Gasteiger partial charge >= 0.3 is 12.1 Å². The number of halogens is 3. The fourth-order valence-electron chi connectivity index (χ4n) is 4.26. The lowest BCUT2D eigenvalue weighted by atomic mass is 10.0. The lowest BCUT2D eigenvalue weighted by Gasteiger charge is -2.19. The second-order valence-corrected chi connectivity index (χ2v) is 12.2. The van der Waals surface area contributed by atoms with Crippen molar-refractivity contribution in [2.45, 2.75) is 82.4 Å². The van der Waals surface area contributed by atoms with Crippen molar-refractivity contribution in [3.8, 4) is 17.1 Å². The molecule has 40 heavy (non-hydrogen) atoms. The number of hydrogen-bond acceptors (Lipinski definition) is 6. The normalized spacial score (nSPS) is 13.8. The Morgan fingerprint density at radius 3 is 2.40 bits per heavy atom. The van der Waals surface area contributed by atoms with Gasteiger partial charge < -0.3 is 9.47 Å². The van der Waals surface area contributed by atoms with Crippen LogP contribution in [0.2, 0.25) is 0 Å². The van der Waals surface area contributed by atoms with Crippen LogP contribution in [0.1, 0.15) is 74.8 Å². The third-order valence-electron chi connectivity index (χ3n) is 6.35. The van der Waals surface area contributed by atoms with E-state index in [-0.39, 0.29) is 6.61 Å². The van der Waals surface area contributed by atoms with Gasteiger partial charge in [0.2, 0.25) is 0 Å². The van der Waals surface area contributed by atoms with Gasteiger partial charge in [0.05, 0.1) is 11.3 Å². The van der Waals surface area contributed by atoms with Crippen LogP contribution in [-0.4, -0.2) is 33.9 Å². The Bertz CT molecular complexity index is 1320. The minimum absolute atomic E-state index is 0.123. The molecular formula is C31H35F3N2O3S. The summed E-state index contributed by atoms with van der Waals surface area (Å²) in [6, 6.07) is 11.0. The summed E-state index contributed by atoms with van der Waals surface area (Å²) in [4.78, 5) is 22.3. The molecular weight excluding hydrogens is 537 g/mol. The van der Waals surface area contributed by atoms with Crippen LogP contribution in [0.25, 0.3) is 11.4 Å². The maximum Gasteiger partial charge on any atom is 0.416 e. The van der Waals surface area contributed by atoms with E-state index in [4.69, 9.17) is 14.5 Å². The van der Waals surface area contributed by atoms with Gasteiger partial charge in [-0.25, -0.2) is 14.8 Å². The number of aryl methyl sites for hydroxylation is 2. The molecule has 2 aromatic carbocycles. The molecule has 9 heteroatoms. The summed E-state index contributed by atoms with van der Waals surface area (Å²) >= 11 is 1.78. The van der Waals surface area contributed by atoms with Crippen molar-refractivity contribution in [1.82, 2.24) is 9.97 Å². The number of aromatic nitrogens is 2. The third kappa shape index (κ3) is 8.71. The van der Waals surface area contributed by atoms with E-state index in [1.54, 1.807) is 11.8 Å². The van der Waals surface area contributed by atoms with Gasteiger partial charge in [0.15, 0.2) is 12.4 Å². The Kier molecular flexibility index (Phi) is 9.44. The number of carbonyl (C=O) groups excluding carboxylic acids is 1. The van der Waals surface area contributed by atoms with Crippen molar-refractivity contribution < 1.29 is 27.4 Å². The van der Waals surface area contributed by atoms with Crippen LogP contribution < -0.4 is 4.74 Å². The lowest BCUT2D eigenvalue weighted by molar-refractivity contribution is -0.157. The molecule has 4 rings (SSSR count). The highest BCUT2D eigenvalue weighted by Gasteiger charge is 2.31. The highest BCUT2D eigenvalue weighted by atomic mass is 32.2. The number of thioether (sulfide) groups is 1. The van der Waals surface area contributed by atoms with E-state index in [2.05, 4.69) is 11.1 Å². The van der Waals surface area contributed by atoms with Crippen LogP contribution in [0.4, 0.5) is 13.2 Å². The van der Waals surface area contributed by atoms with Gasteiger partial charge in [-0.2, -0.15) is 13.2 Å². The molecule has 0 bridgehead atoms. The van der Waals surface area contributed by atoms with Gasteiger partial charge in [-0.3, -0.25) is 0 Å². The summed E-state index contributed by atoms with van der Waals surface area (Å²) in [5, 5.41) is 0. The number of esters is 1. The molecule has 1 saturated carbocycles. The highest BCUT2D eigenvalue weighted by Crippen LogP contribution is 2.41. The largest absolute Gasteiger partial charge is 0.482 e. The molecule has 3 aromatic rings.